The van der Waals surface area contributed by atoms with Crippen molar-refractivity contribution in [2.45, 2.75) is 26.8 Å². The molecule has 0 atom stereocenters. The third kappa shape index (κ3) is 5.06. The molecule has 9 heteroatoms. The van der Waals surface area contributed by atoms with Gasteiger partial charge < -0.3 is 30.5 Å². The van der Waals surface area contributed by atoms with Crippen molar-refractivity contribution < 1.29 is 9.53 Å². The summed E-state index contributed by atoms with van der Waals surface area (Å²) in [7, 11) is 3.75. The van der Waals surface area contributed by atoms with Crippen LogP contribution in [0.4, 0.5) is 28.6 Å². The summed E-state index contributed by atoms with van der Waals surface area (Å²) >= 11 is 0. The van der Waals surface area contributed by atoms with Gasteiger partial charge in [-0.2, -0.15) is 0 Å². The second-order valence-corrected chi connectivity index (χ2v) is 9.67. The maximum absolute atomic E-state index is 12.1. The van der Waals surface area contributed by atoms with Crippen LogP contribution in [0.2, 0.25) is 0 Å². The molecule has 3 N–H and O–H groups in total. The Balaban J connectivity index is 1.30. The van der Waals surface area contributed by atoms with Crippen LogP contribution in [0.3, 0.4) is 0 Å². The molecule has 5 rings (SSSR count). The number of likely N-dealkylation sites (N-methyl/N-ethyl adjacent to an activating group) is 1. The first kappa shape index (κ1) is 23.9. The first-order valence-electron chi connectivity index (χ1n) is 12.3. The third-order valence-corrected chi connectivity index (χ3v) is 6.59. The van der Waals surface area contributed by atoms with Gasteiger partial charge in [0.05, 0.1) is 18.4 Å². The first-order valence-corrected chi connectivity index (χ1v) is 12.3. The van der Waals surface area contributed by atoms with Crippen molar-refractivity contribution in [3.8, 4) is 5.88 Å². The molecular weight excluding hydrogens is 454 g/mol. The number of benzene rings is 1. The zero-order chi connectivity index (χ0) is 25.2. The normalized spacial score (nSPS) is 14.4. The highest BCUT2D eigenvalue weighted by atomic mass is 16.5. The van der Waals surface area contributed by atoms with Crippen molar-refractivity contribution in [1.82, 2.24) is 14.9 Å². The number of aryl methyl sites for hydroxylation is 1. The predicted molar refractivity (Wildman–Crippen MR) is 144 cm³/mol. The Morgan fingerprint density at radius 1 is 1.17 bits per heavy atom. The van der Waals surface area contributed by atoms with E-state index in [0.717, 1.165) is 60.2 Å². The number of pyridine rings is 2. The highest BCUT2D eigenvalue weighted by Gasteiger charge is 2.23. The van der Waals surface area contributed by atoms with E-state index in [1.54, 1.807) is 0 Å². The Morgan fingerprint density at radius 3 is 2.83 bits per heavy atom. The zero-order valence-corrected chi connectivity index (χ0v) is 21.3. The Labute approximate surface area is 211 Å². The van der Waals surface area contributed by atoms with Crippen LogP contribution in [0.1, 0.15) is 22.3 Å². The molecule has 3 aromatic rings. The molecule has 0 unspecified atom stereocenters. The number of rotatable bonds is 6. The summed E-state index contributed by atoms with van der Waals surface area (Å²) in [5.74, 6) is 1.46. The summed E-state index contributed by atoms with van der Waals surface area (Å²) in [4.78, 5) is 25.5. The Morgan fingerprint density at radius 2 is 2.03 bits per heavy atom. The molecule has 0 saturated carbocycles. The molecule has 2 aromatic heterocycles. The van der Waals surface area contributed by atoms with Gasteiger partial charge in [0.2, 0.25) is 11.8 Å². The Kier molecular flexibility index (Phi) is 6.65. The lowest BCUT2D eigenvalue weighted by molar-refractivity contribution is -0.116. The maximum Gasteiger partial charge on any atom is 0.238 e. The molecule has 36 heavy (non-hydrogen) atoms. The molecule has 4 heterocycles. The van der Waals surface area contributed by atoms with E-state index in [1.807, 2.05) is 56.5 Å². The number of aromatic nitrogens is 2. The van der Waals surface area contributed by atoms with Crippen molar-refractivity contribution in [3.05, 3.63) is 58.9 Å². The molecule has 2 aliphatic rings. The van der Waals surface area contributed by atoms with Gasteiger partial charge in [-0.05, 0) is 75.3 Å². The maximum atomic E-state index is 12.1. The van der Waals surface area contributed by atoms with Crippen LogP contribution in [-0.2, 0) is 17.8 Å². The van der Waals surface area contributed by atoms with Crippen LogP contribution < -0.4 is 25.6 Å². The van der Waals surface area contributed by atoms with Crippen LogP contribution in [-0.4, -0.2) is 61.1 Å². The smallest absolute Gasteiger partial charge is 0.238 e. The van der Waals surface area contributed by atoms with Crippen molar-refractivity contribution in [1.29, 1.82) is 0 Å². The molecule has 0 aliphatic carbocycles. The van der Waals surface area contributed by atoms with Crippen LogP contribution in [0.5, 0.6) is 5.88 Å². The fourth-order valence-electron chi connectivity index (χ4n) is 4.75. The van der Waals surface area contributed by atoms with Crippen LogP contribution in [0, 0.1) is 13.8 Å². The van der Waals surface area contributed by atoms with Crippen LogP contribution >= 0.6 is 0 Å². The van der Waals surface area contributed by atoms with Gasteiger partial charge in [-0.1, -0.05) is 0 Å². The molecule has 1 aromatic carbocycles. The summed E-state index contributed by atoms with van der Waals surface area (Å²) in [6.45, 7) is 7.62. The van der Waals surface area contributed by atoms with E-state index in [2.05, 4.69) is 43.8 Å². The Bertz CT molecular complexity index is 1290. The van der Waals surface area contributed by atoms with Crippen LogP contribution in [0.25, 0.3) is 0 Å². The average Bonchev–Trinajstić information content (AvgIpc) is 2.85. The molecule has 9 nitrogen and oxygen atoms in total. The highest BCUT2D eigenvalue weighted by molar-refractivity contribution is 5.93. The third-order valence-electron chi connectivity index (χ3n) is 6.59. The molecule has 188 valence electrons. The molecule has 0 radical (unpaired) electrons. The first-order chi connectivity index (χ1) is 17.4. The van der Waals surface area contributed by atoms with Crippen molar-refractivity contribution in [3.63, 3.8) is 0 Å². The number of amides is 1. The van der Waals surface area contributed by atoms with E-state index in [9.17, 15) is 4.79 Å². The topological polar surface area (TPSA) is 94.6 Å². The summed E-state index contributed by atoms with van der Waals surface area (Å²) in [6, 6.07) is 8.04. The van der Waals surface area contributed by atoms with E-state index in [0.29, 0.717) is 19.0 Å². The van der Waals surface area contributed by atoms with Gasteiger partial charge in [-0.25, -0.2) is 9.97 Å². The van der Waals surface area contributed by atoms with Gasteiger partial charge in [0.15, 0.2) is 0 Å². The molecule has 0 spiro atoms. The molecule has 0 saturated heterocycles. The minimum atomic E-state index is -0.0302. The minimum Gasteiger partial charge on any atom is -0.474 e. The summed E-state index contributed by atoms with van der Waals surface area (Å²) in [5, 5.41) is 9.83. The number of nitrogens with zero attached hydrogens (tertiary/aromatic N) is 4. The van der Waals surface area contributed by atoms with Gasteiger partial charge in [-0.3, -0.25) is 4.79 Å². The lowest BCUT2D eigenvalue weighted by atomic mass is 10.0. The van der Waals surface area contributed by atoms with Gasteiger partial charge in [0.25, 0.3) is 0 Å². The summed E-state index contributed by atoms with van der Waals surface area (Å²) < 4.78 is 5.69. The second-order valence-electron chi connectivity index (χ2n) is 9.67. The number of ether oxygens (including phenoxy) is 1. The molecule has 0 bridgehead atoms. The van der Waals surface area contributed by atoms with E-state index in [1.165, 1.54) is 16.7 Å². The molecular formula is C27H33N7O2. The minimum absolute atomic E-state index is 0.0302. The summed E-state index contributed by atoms with van der Waals surface area (Å²) in [6.07, 6.45) is 4.84. The van der Waals surface area contributed by atoms with Gasteiger partial charge >= 0.3 is 0 Å². The number of nitrogens with one attached hydrogen (secondary N) is 3. The molecule has 1 amide bonds. The standard InChI is InChI=1S/C27H33N7O2/c1-17-11-21(5-6-22(17)32-25(35)16-33(3)4)31-24-12-20-15-34(9-7-19(20)13-29-24)23-14-30-27-26(18(23)2)28-8-10-36-27/h5-6,11-14,28H,7-10,15-16H2,1-4H3,(H,29,31)(H,32,35). The highest BCUT2D eigenvalue weighted by Crippen LogP contribution is 2.36. The van der Waals surface area contributed by atoms with Crippen molar-refractivity contribution in [2.75, 3.05) is 61.2 Å². The monoisotopic (exact) mass is 487 g/mol. The number of fused-ring (bicyclic) bond motifs is 2. The number of carbonyl (C=O) groups is 1. The summed E-state index contributed by atoms with van der Waals surface area (Å²) in [5.41, 5.74) is 8.56. The van der Waals surface area contributed by atoms with Crippen molar-refractivity contribution in [2.24, 2.45) is 0 Å². The van der Waals surface area contributed by atoms with Gasteiger partial charge in [0, 0.05) is 42.8 Å². The van der Waals surface area contributed by atoms with Crippen molar-refractivity contribution >= 4 is 34.5 Å². The SMILES string of the molecule is Cc1cc(Nc2cc3c(cn2)CCN(c2cnc4c(c2C)NCCO4)C3)ccc1NC(=O)CN(C)C. The zero-order valence-electron chi connectivity index (χ0n) is 21.3. The van der Waals surface area contributed by atoms with Crippen LogP contribution in [0.15, 0.2) is 36.7 Å². The lowest BCUT2D eigenvalue weighted by Gasteiger charge is -2.33. The van der Waals surface area contributed by atoms with E-state index < -0.39 is 0 Å². The van der Waals surface area contributed by atoms with E-state index in [4.69, 9.17) is 4.74 Å². The fraction of sp³-hybridized carbons (Fsp3) is 0.370. The lowest BCUT2D eigenvalue weighted by Crippen LogP contribution is -2.32. The number of hydrogen-bond donors (Lipinski definition) is 3. The number of hydrogen-bond acceptors (Lipinski definition) is 8. The largest absolute Gasteiger partial charge is 0.474 e. The van der Waals surface area contributed by atoms with E-state index >= 15 is 0 Å². The van der Waals surface area contributed by atoms with Gasteiger partial charge in [-0.15, -0.1) is 0 Å². The number of anilines is 5. The average molecular weight is 488 g/mol. The Hall–Kier alpha value is -3.85. The fourth-order valence-corrected chi connectivity index (χ4v) is 4.75. The number of carbonyl (C=O) groups excluding carboxylic acids is 1. The molecule has 0 fully saturated rings. The predicted octanol–water partition coefficient (Wildman–Crippen LogP) is 3.70. The quantitative estimate of drug-likeness (QED) is 0.485. The van der Waals surface area contributed by atoms with E-state index in [-0.39, 0.29) is 5.91 Å². The van der Waals surface area contributed by atoms with Gasteiger partial charge in [0.1, 0.15) is 18.1 Å². The second kappa shape index (κ2) is 10.0. The molecule has 2 aliphatic heterocycles.